The van der Waals surface area contributed by atoms with Gasteiger partial charge in [-0.1, -0.05) is 35.7 Å². The first-order valence-electron chi connectivity index (χ1n) is 7.50. The normalized spacial score (nSPS) is 24.9. The zero-order valence-corrected chi connectivity index (χ0v) is 15.7. The molecule has 7 heteroatoms. The Hall–Kier alpha value is -0.200. The highest BCUT2D eigenvalue weighted by atomic mass is 33.2. The molecular formula is C15H24NO3S3-. The molecule has 0 bridgehead atoms. The van der Waals surface area contributed by atoms with E-state index in [1.165, 1.54) is 18.9 Å². The second kappa shape index (κ2) is 7.14. The van der Waals surface area contributed by atoms with Gasteiger partial charge in [0, 0.05) is 19.2 Å². The summed E-state index contributed by atoms with van der Waals surface area (Å²) in [5.41, 5.74) is 9.04. The summed E-state index contributed by atoms with van der Waals surface area (Å²) in [6, 6.07) is 0. The quantitative estimate of drug-likeness (QED) is 0.327. The number of fused-ring (bicyclic) bond motifs is 1. The molecule has 2 aliphatic carbocycles. The van der Waals surface area contributed by atoms with Crippen molar-refractivity contribution in [1.82, 2.24) is 4.72 Å². The lowest BCUT2D eigenvalue weighted by atomic mass is 10.0. The molecule has 2 rings (SSSR count). The van der Waals surface area contributed by atoms with E-state index in [9.17, 15) is 13.2 Å². The summed E-state index contributed by atoms with van der Waals surface area (Å²) in [5, 5.41) is -0.0109. The van der Waals surface area contributed by atoms with E-state index in [2.05, 4.69) is 18.6 Å². The molecule has 0 aromatic rings. The molecule has 0 aliphatic heterocycles. The van der Waals surface area contributed by atoms with Crippen LogP contribution in [0.2, 0.25) is 0 Å². The van der Waals surface area contributed by atoms with Crippen LogP contribution >= 0.6 is 11.8 Å². The Morgan fingerprint density at radius 2 is 2.23 bits per heavy atom. The Kier molecular flexibility index (Phi) is 5.89. The van der Waals surface area contributed by atoms with E-state index in [0.29, 0.717) is 23.3 Å². The fraction of sp³-hybridized carbons (Fsp3) is 0.733. The number of nitrogens with one attached hydrogen (secondary N) is 1. The van der Waals surface area contributed by atoms with E-state index >= 15 is 0 Å². The fourth-order valence-electron chi connectivity index (χ4n) is 3.18. The van der Waals surface area contributed by atoms with Gasteiger partial charge in [0.05, 0.1) is 0 Å². The van der Waals surface area contributed by atoms with Gasteiger partial charge in [-0.15, -0.1) is 5.75 Å². The van der Waals surface area contributed by atoms with Crippen LogP contribution in [-0.2, 0) is 23.2 Å². The minimum Gasteiger partial charge on any atom is -0.327 e. The van der Waals surface area contributed by atoms with Gasteiger partial charge in [-0.3, -0.25) is 4.79 Å². The van der Waals surface area contributed by atoms with Crippen molar-refractivity contribution in [3.63, 3.8) is 0 Å². The van der Waals surface area contributed by atoms with E-state index in [0.717, 1.165) is 24.1 Å². The Morgan fingerprint density at radius 3 is 2.73 bits per heavy atom. The van der Waals surface area contributed by atoms with Crippen molar-refractivity contribution in [2.45, 2.75) is 33.6 Å². The van der Waals surface area contributed by atoms with Gasteiger partial charge in [0.25, 0.3) is 0 Å². The minimum atomic E-state index is -3.47. The van der Waals surface area contributed by atoms with Crippen LogP contribution in [0.25, 0.3) is 0 Å². The largest absolute Gasteiger partial charge is 0.327 e. The second-order valence-corrected chi connectivity index (χ2v) is 12.4. The summed E-state index contributed by atoms with van der Waals surface area (Å²) in [7, 11) is -4.65. The summed E-state index contributed by atoms with van der Waals surface area (Å²) >= 11 is 1.11. The van der Waals surface area contributed by atoms with Crippen molar-refractivity contribution in [3.8, 4) is 5.69 Å². The third kappa shape index (κ3) is 4.42. The minimum absolute atomic E-state index is 0.0109. The number of hydrogen-bond donors (Lipinski definition) is 1. The fourth-order valence-corrected chi connectivity index (χ4v) is 7.12. The van der Waals surface area contributed by atoms with Gasteiger partial charge >= 0.3 is 0 Å². The Morgan fingerprint density at radius 1 is 1.55 bits per heavy atom. The van der Waals surface area contributed by atoms with Crippen molar-refractivity contribution in [2.75, 3.05) is 18.1 Å². The summed E-state index contributed by atoms with van der Waals surface area (Å²) in [5.74, 6) is 2.74. The highest BCUT2D eigenvalue weighted by molar-refractivity contribution is 8.63. The monoisotopic (exact) mass is 362 g/mol. The van der Waals surface area contributed by atoms with Gasteiger partial charge in [-0.2, -0.15) is 0 Å². The molecule has 2 aliphatic rings. The standard InChI is InChI=1S/C15H24NO3S3/c1-10(7-13-14-8-11(2)15(13)14)9-21(4)22(18,19)16-5-6-20-12(3)17/h4,10,13-14,16H,5-9H2,1-3H3/q-1/t10-,13+,14?/m0/s1. The van der Waals surface area contributed by atoms with Crippen molar-refractivity contribution in [3.05, 3.63) is 11.1 Å². The van der Waals surface area contributed by atoms with E-state index in [-0.39, 0.29) is 11.7 Å². The van der Waals surface area contributed by atoms with Gasteiger partial charge in [0.15, 0.2) is 5.12 Å². The van der Waals surface area contributed by atoms with Crippen LogP contribution in [0.3, 0.4) is 0 Å². The highest BCUT2D eigenvalue weighted by Gasteiger charge is 2.51. The molecule has 0 spiro atoms. The summed E-state index contributed by atoms with van der Waals surface area (Å²) in [4.78, 5) is 10.8. The van der Waals surface area contributed by atoms with E-state index < -0.39 is 18.4 Å². The molecule has 4 nitrogen and oxygen atoms in total. The zero-order chi connectivity index (χ0) is 16.5. The predicted molar refractivity (Wildman–Crippen MR) is 95.3 cm³/mol. The smallest absolute Gasteiger partial charge is 0.185 e. The van der Waals surface area contributed by atoms with Gasteiger partial charge in [0.1, 0.15) is 9.06 Å². The number of carbonyl (C=O) groups excluding carboxylic acids is 1. The topological polar surface area (TPSA) is 63.2 Å². The summed E-state index contributed by atoms with van der Waals surface area (Å²) in [6.07, 6.45) is 2.28. The van der Waals surface area contributed by atoms with Crippen LogP contribution in [-0.4, -0.2) is 31.6 Å². The zero-order valence-electron chi connectivity index (χ0n) is 13.3. The molecule has 0 aromatic heterocycles. The number of rotatable bonds is 7. The lowest BCUT2D eigenvalue weighted by Gasteiger charge is -2.23. The van der Waals surface area contributed by atoms with Crippen molar-refractivity contribution in [2.24, 2.45) is 17.8 Å². The SMILES string of the molecule is C#[S-](C[C@@H](C)C[C@H]1C2=C(C)CC21)S(=O)(=O)NCCSC(C)=O. The number of thioether (sulfide) groups is 1. The Labute approximate surface area is 139 Å². The highest BCUT2D eigenvalue weighted by Crippen LogP contribution is 2.62. The Bertz CT molecular complexity index is 657. The van der Waals surface area contributed by atoms with Gasteiger partial charge in [-0.05, 0) is 31.6 Å². The van der Waals surface area contributed by atoms with Crippen LogP contribution in [0.15, 0.2) is 11.1 Å². The summed E-state index contributed by atoms with van der Waals surface area (Å²) < 4.78 is 26.7. The van der Waals surface area contributed by atoms with Gasteiger partial charge in [0.2, 0.25) is 0 Å². The molecule has 1 saturated carbocycles. The van der Waals surface area contributed by atoms with Crippen molar-refractivity contribution < 1.29 is 13.2 Å². The first-order valence-corrected chi connectivity index (χ1v) is 11.9. The van der Waals surface area contributed by atoms with Crippen LogP contribution < -0.4 is 4.72 Å². The molecule has 0 amide bonds. The molecule has 0 heterocycles. The van der Waals surface area contributed by atoms with Crippen molar-refractivity contribution in [1.29, 1.82) is 0 Å². The van der Waals surface area contributed by atoms with Crippen molar-refractivity contribution >= 4 is 35.3 Å². The third-order valence-corrected chi connectivity index (χ3v) is 9.55. The molecule has 22 heavy (non-hydrogen) atoms. The van der Waals surface area contributed by atoms with Crippen LogP contribution in [0.5, 0.6) is 0 Å². The maximum atomic E-state index is 12.1. The molecular weight excluding hydrogens is 338 g/mol. The lowest BCUT2D eigenvalue weighted by Crippen LogP contribution is -2.30. The summed E-state index contributed by atoms with van der Waals surface area (Å²) in [6.45, 7) is 5.99. The number of hydrogen-bond acceptors (Lipinski definition) is 5. The Balaban J connectivity index is 1.72. The van der Waals surface area contributed by atoms with Gasteiger partial charge in [-0.25, -0.2) is 13.1 Å². The van der Waals surface area contributed by atoms with Crippen LogP contribution in [0, 0.1) is 23.4 Å². The molecule has 126 valence electrons. The molecule has 1 unspecified atom stereocenters. The number of carbonyl (C=O) groups is 1. The molecule has 1 N–H and O–H groups in total. The average molecular weight is 363 g/mol. The maximum Gasteiger partial charge on any atom is 0.185 e. The predicted octanol–water partition coefficient (Wildman–Crippen LogP) is 2.30. The van der Waals surface area contributed by atoms with E-state index in [4.69, 9.17) is 5.69 Å². The molecule has 0 saturated heterocycles. The second-order valence-electron chi connectivity index (χ2n) is 6.23. The maximum absolute atomic E-state index is 12.1. The van der Waals surface area contributed by atoms with E-state index in [1.54, 1.807) is 5.57 Å². The van der Waals surface area contributed by atoms with Gasteiger partial charge < -0.3 is 15.0 Å². The first-order chi connectivity index (χ1) is 10.2. The van der Waals surface area contributed by atoms with E-state index in [1.807, 2.05) is 0 Å². The van der Waals surface area contributed by atoms with Crippen LogP contribution in [0.1, 0.15) is 33.6 Å². The average Bonchev–Trinajstić information content (AvgIpc) is 2.97. The van der Waals surface area contributed by atoms with Crippen LogP contribution in [0.4, 0.5) is 0 Å². The first kappa shape index (κ1) is 18.1. The molecule has 3 atom stereocenters. The number of allylic oxidation sites excluding steroid dienone is 2. The molecule has 0 radical (unpaired) electrons. The molecule has 1 fully saturated rings. The lowest BCUT2D eigenvalue weighted by molar-refractivity contribution is -0.109. The molecule has 0 aromatic carbocycles. The third-order valence-electron chi connectivity index (χ3n) is 4.27.